The second kappa shape index (κ2) is 8.15. The molecule has 2 aliphatic rings. The zero-order chi connectivity index (χ0) is 19.5. The third-order valence-corrected chi connectivity index (χ3v) is 5.96. The Labute approximate surface area is 166 Å². The first kappa shape index (κ1) is 18.7. The number of amides is 2. The summed E-state index contributed by atoms with van der Waals surface area (Å²) in [6, 6.07) is 17.5. The minimum atomic E-state index is -0.142. The number of para-hydroxylation sites is 1. The molecule has 2 amide bonds. The van der Waals surface area contributed by atoms with Crippen molar-refractivity contribution in [1.82, 2.24) is 10.2 Å². The molecule has 2 heterocycles. The number of benzene rings is 2. The van der Waals surface area contributed by atoms with Crippen molar-refractivity contribution in [2.45, 2.75) is 38.3 Å². The predicted octanol–water partition coefficient (Wildman–Crippen LogP) is 2.86. The van der Waals surface area contributed by atoms with Crippen LogP contribution in [0.4, 0.5) is 5.69 Å². The number of likely N-dealkylation sites (tertiary alicyclic amines) is 1. The van der Waals surface area contributed by atoms with Crippen LogP contribution in [0.15, 0.2) is 54.6 Å². The van der Waals surface area contributed by atoms with Gasteiger partial charge < -0.3 is 10.2 Å². The van der Waals surface area contributed by atoms with E-state index in [-0.39, 0.29) is 23.9 Å². The Bertz CT molecular complexity index is 844. The third kappa shape index (κ3) is 3.80. The van der Waals surface area contributed by atoms with E-state index >= 15 is 0 Å². The quantitative estimate of drug-likeness (QED) is 0.891. The highest BCUT2D eigenvalue weighted by Crippen LogP contribution is 2.29. The van der Waals surface area contributed by atoms with E-state index in [0.29, 0.717) is 5.56 Å². The van der Waals surface area contributed by atoms with Crippen LogP contribution in [0.5, 0.6) is 0 Å². The Morgan fingerprint density at radius 2 is 1.64 bits per heavy atom. The lowest BCUT2D eigenvalue weighted by Gasteiger charge is -2.37. The molecule has 0 aliphatic carbocycles. The first-order chi connectivity index (χ1) is 13.6. The van der Waals surface area contributed by atoms with Crippen LogP contribution in [0.25, 0.3) is 0 Å². The van der Waals surface area contributed by atoms with Gasteiger partial charge in [-0.1, -0.05) is 36.4 Å². The van der Waals surface area contributed by atoms with Gasteiger partial charge in [0.05, 0.1) is 6.04 Å². The number of nitrogens with one attached hydrogen (secondary N) is 1. The molecule has 0 unspecified atom stereocenters. The summed E-state index contributed by atoms with van der Waals surface area (Å²) in [5.74, 6) is 0.161. The van der Waals surface area contributed by atoms with Gasteiger partial charge in [0, 0.05) is 36.9 Å². The number of carbonyl (C=O) groups is 2. The van der Waals surface area contributed by atoms with E-state index in [1.165, 1.54) is 5.56 Å². The molecule has 0 bridgehead atoms. The van der Waals surface area contributed by atoms with E-state index in [1.54, 1.807) is 0 Å². The number of rotatable bonds is 4. The Kier molecular flexibility index (Phi) is 5.44. The third-order valence-electron chi connectivity index (χ3n) is 5.96. The van der Waals surface area contributed by atoms with Crippen molar-refractivity contribution >= 4 is 17.5 Å². The van der Waals surface area contributed by atoms with Gasteiger partial charge in [0.25, 0.3) is 5.91 Å². The van der Waals surface area contributed by atoms with Crippen molar-refractivity contribution in [2.75, 3.05) is 24.5 Å². The summed E-state index contributed by atoms with van der Waals surface area (Å²) >= 11 is 0. The average Bonchev–Trinajstić information content (AvgIpc) is 3.18. The lowest BCUT2D eigenvalue weighted by Crippen LogP contribution is -2.52. The zero-order valence-corrected chi connectivity index (χ0v) is 16.3. The Morgan fingerprint density at radius 1 is 0.964 bits per heavy atom. The second-order valence-corrected chi connectivity index (χ2v) is 7.69. The molecule has 1 N–H and O–H groups in total. The van der Waals surface area contributed by atoms with Gasteiger partial charge in [0.15, 0.2) is 0 Å². The summed E-state index contributed by atoms with van der Waals surface area (Å²) in [5.41, 5.74) is 3.01. The largest absolute Gasteiger partial charge is 0.349 e. The Hall–Kier alpha value is -2.66. The van der Waals surface area contributed by atoms with Gasteiger partial charge in [-0.2, -0.15) is 0 Å². The van der Waals surface area contributed by atoms with Crippen LogP contribution in [0.3, 0.4) is 0 Å². The van der Waals surface area contributed by atoms with E-state index < -0.39 is 0 Å². The molecule has 2 aliphatic heterocycles. The van der Waals surface area contributed by atoms with Gasteiger partial charge in [-0.15, -0.1) is 0 Å². The summed E-state index contributed by atoms with van der Waals surface area (Å²) in [6.07, 6.45) is 2.67. The van der Waals surface area contributed by atoms with Crippen LogP contribution in [-0.4, -0.2) is 48.4 Å². The van der Waals surface area contributed by atoms with Crippen molar-refractivity contribution < 1.29 is 9.59 Å². The zero-order valence-electron chi connectivity index (χ0n) is 16.3. The van der Waals surface area contributed by atoms with Crippen LogP contribution in [0, 0.1) is 0 Å². The predicted molar refractivity (Wildman–Crippen MR) is 110 cm³/mol. The number of fused-ring (bicyclic) bond motifs is 1. The van der Waals surface area contributed by atoms with Crippen LogP contribution >= 0.6 is 0 Å². The maximum atomic E-state index is 13.1. The fourth-order valence-electron chi connectivity index (χ4n) is 4.24. The van der Waals surface area contributed by atoms with Crippen molar-refractivity contribution in [3.8, 4) is 0 Å². The number of piperidine rings is 1. The van der Waals surface area contributed by atoms with Gasteiger partial charge in [0.1, 0.15) is 0 Å². The molecule has 0 aromatic heterocycles. The van der Waals surface area contributed by atoms with Crippen LogP contribution in [0.2, 0.25) is 0 Å². The topological polar surface area (TPSA) is 52.7 Å². The molecule has 1 atom stereocenters. The van der Waals surface area contributed by atoms with E-state index in [0.717, 1.165) is 44.6 Å². The van der Waals surface area contributed by atoms with E-state index in [1.807, 2.05) is 60.4 Å². The monoisotopic (exact) mass is 377 g/mol. The number of hydrogen-bond donors (Lipinski definition) is 1. The first-order valence-electron chi connectivity index (χ1n) is 10.1. The van der Waals surface area contributed by atoms with Gasteiger partial charge in [0.2, 0.25) is 5.91 Å². The minimum absolute atomic E-state index is 0.0168. The van der Waals surface area contributed by atoms with E-state index in [2.05, 4.69) is 16.3 Å². The maximum Gasteiger partial charge on any atom is 0.251 e. The van der Waals surface area contributed by atoms with Crippen LogP contribution in [0.1, 0.15) is 35.7 Å². The molecule has 5 nitrogen and oxygen atoms in total. The molecule has 1 saturated heterocycles. The van der Waals surface area contributed by atoms with Crippen molar-refractivity contribution in [2.24, 2.45) is 0 Å². The fraction of sp³-hybridized carbons (Fsp3) is 0.391. The van der Waals surface area contributed by atoms with Crippen molar-refractivity contribution in [3.63, 3.8) is 0 Å². The van der Waals surface area contributed by atoms with Crippen molar-refractivity contribution in [1.29, 1.82) is 0 Å². The molecular formula is C23H27N3O2. The number of hydrogen-bond acceptors (Lipinski definition) is 3. The molecule has 2 aromatic carbocycles. The fourth-order valence-corrected chi connectivity index (χ4v) is 4.24. The summed E-state index contributed by atoms with van der Waals surface area (Å²) in [6.45, 7) is 4.42. The molecule has 0 spiro atoms. The Balaban J connectivity index is 1.31. The van der Waals surface area contributed by atoms with E-state index in [9.17, 15) is 9.59 Å². The molecule has 0 saturated carbocycles. The van der Waals surface area contributed by atoms with Gasteiger partial charge in [-0.3, -0.25) is 14.5 Å². The van der Waals surface area contributed by atoms with Gasteiger partial charge in [-0.25, -0.2) is 0 Å². The maximum absolute atomic E-state index is 13.1. The standard InChI is InChI=1S/C23H27N3O2/c1-17(23(28)26-16-11-18-7-5-6-10-21(18)26)25-14-12-20(13-15-25)24-22(27)19-8-3-2-4-9-19/h2-10,17,20H,11-16H2,1H3,(H,24,27)/t17-/m1/s1. The smallest absolute Gasteiger partial charge is 0.251 e. The minimum Gasteiger partial charge on any atom is -0.349 e. The van der Waals surface area contributed by atoms with E-state index in [4.69, 9.17) is 0 Å². The molecule has 2 aromatic rings. The number of nitrogens with zero attached hydrogens (tertiary/aromatic N) is 2. The SMILES string of the molecule is C[C@H](C(=O)N1CCc2ccccc21)N1CCC(NC(=O)c2ccccc2)CC1. The van der Waals surface area contributed by atoms with Gasteiger partial charge >= 0.3 is 0 Å². The van der Waals surface area contributed by atoms with Crippen LogP contribution in [-0.2, 0) is 11.2 Å². The Morgan fingerprint density at radius 3 is 2.39 bits per heavy atom. The summed E-state index contributed by atoms with van der Waals surface area (Å²) < 4.78 is 0. The summed E-state index contributed by atoms with van der Waals surface area (Å²) in [5, 5.41) is 3.13. The highest BCUT2D eigenvalue weighted by Gasteiger charge is 2.32. The first-order valence-corrected chi connectivity index (χ1v) is 10.1. The molecule has 1 fully saturated rings. The van der Waals surface area contributed by atoms with Crippen molar-refractivity contribution in [3.05, 3.63) is 65.7 Å². The highest BCUT2D eigenvalue weighted by atomic mass is 16.2. The summed E-state index contributed by atoms with van der Waals surface area (Å²) in [7, 11) is 0. The number of carbonyl (C=O) groups excluding carboxylic acids is 2. The molecule has 28 heavy (non-hydrogen) atoms. The molecule has 4 rings (SSSR count). The molecular weight excluding hydrogens is 350 g/mol. The normalized spacial score (nSPS) is 18.5. The lowest BCUT2D eigenvalue weighted by molar-refractivity contribution is -0.123. The molecule has 146 valence electrons. The van der Waals surface area contributed by atoms with Gasteiger partial charge in [-0.05, 0) is 49.9 Å². The lowest BCUT2D eigenvalue weighted by atomic mass is 10.0. The average molecular weight is 377 g/mol. The molecule has 5 heteroatoms. The number of anilines is 1. The second-order valence-electron chi connectivity index (χ2n) is 7.69. The highest BCUT2D eigenvalue weighted by molar-refractivity contribution is 5.98. The summed E-state index contributed by atoms with van der Waals surface area (Å²) in [4.78, 5) is 29.6. The molecule has 0 radical (unpaired) electrons. The van der Waals surface area contributed by atoms with Crippen LogP contribution < -0.4 is 10.2 Å².